The van der Waals surface area contributed by atoms with E-state index in [1.165, 1.54) is 0 Å². The largest absolute Gasteiger partial charge is 0.373 e. The number of halogens is 1. The molecule has 0 aromatic heterocycles. The highest BCUT2D eigenvalue weighted by Gasteiger charge is 2.63. The molecule has 4 unspecified atom stereocenters. The van der Waals surface area contributed by atoms with Gasteiger partial charge in [-0.05, 0) is 73.0 Å². The first-order valence-electron chi connectivity index (χ1n) is 7.98. The van der Waals surface area contributed by atoms with E-state index in [0.717, 1.165) is 35.1 Å². The molecule has 3 nitrogen and oxygen atoms in total. The number of hydrogen-bond acceptors (Lipinski definition) is 3. The lowest BCUT2D eigenvalue weighted by atomic mass is 9.81. The van der Waals surface area contributed by atoms with Crippen LogP contribution in [-0.2, 0) is 14.3 Å². The summed E-state index contributed by atoms with van der Waals surface area (Å²) in [4.78, 5) is 25.9. The Morgan fingerprint density at radius 3 is 2.04 bits per heavy atom. The second-order valence-corrected chi connectivity index (χ2v) is 7.01. The number of ether oxygens (including phenoxy) is 1. The maximum Gasteiger partial charge on any atom is 0.154 e. The van der Waals surface area contributed by atoms with Crippen LogP contribution in [0.5, 0.6) is 0 Å². The van der Waals surface area contributed by atoms with Crippen molar-refractivity contribution in [3.05, 3.63) is 34.4 Å². The summed E-state index contributed by atoms with van der Waals surface area (Å²) >= 11 is 5.47. The Bertz CT molecular complexity index is 735. The first-order chi connectivity index (χ1) is 11.0. The Labute approximate surface area is 140 Å². The summed E-state index contributed by atoms with van der Waals surface area (Å²) in [6.45, 7) is 3.86. The quantitative estimate of drug-likeness (QED) is 0.588. The predicted molar refractivity (Wildman–Crippen MR) is 86.3 cm³/mol. The molecule has 4 rings (SSSR count). The van der Waals surface area contributed by atoms with Gasteiger partial charge in [0.1, 0.15) is 5.92 Å². The average molecular weight is 329 g/mol. The Morgan fingerprint density at radius 2 is 1.57 bits per heavy atom. The van der Waals surface area contributed by atoms with Crippen molar-refractivity contribution in [2.45, 2.75) is 44.8 Å². The SMILES string of the molecule is Cc1cc(C#CCl)cc(C)c1C1C(=O)C2C3CCC(O3)C2C1=O. The van der Waals surface area contributed by atoms with Crippen LogP contribution in [0.1, 0.15) is 41.0 Å². The summed E-state index contributed by atoms with van der Waals surface area (Å²) in [6.07, 6.45) is 1.71. The van der Waals surface area contributed by atoms with Crippen LogP contribution < -0.4 is 0 Å². The van der Waals surface area contributed by atoms with Gasteiger partial charge in [0.25, 0.3) is 0 Å². The molecule has 1 aromatic rings. The van der Waals surface area contributed by atoms with Crippen LogP contribution in [0.4, 0.5) is 0 Å². The van der Waals surface area contributed by atoms with Crippen molar-refractivity contribution in [2.24, 2.45) is 11.8 Å². The highest BCUT2D eigenvalue weighted by atomic mass is 35.5. The normalized spacial score (nSPS) is 34.5. The van der Waals surface area contributed by atoms with Crippen molar-refractivity contribution in [2.75, 3.05) is 0 Å². The minimum atomic E-state index is -0.630. The molecule has 2 aliphatic heterocycles. The van der Waals surface area contributed by atoms with Gasteiger partial charge in [0.2, 0.25) is 0 Å². The Hall–Kier alpha value is -1.63. The third-order valence-electron chi connectivity index (χ3n) is 5.57. The summed E-state index contributed by atoms with van der Waals surface area (Å²) in [6, 6.07) is 3.80. The van der Waals surface area contributed by atoms with Gasteiger partial charge in [-0.1, -0.05) is 0 Å². The molecule has 118 valence electrons. The predicted octanol–water partition coefficient (Wildman–Crippen LogP) is 2.88. The number of Topliss-reactive ketones (excluding diaryl/α,β-unsaturated/α-hetero) is 2. The smallest absolute Gasteiger partial charge is 0.154 e. The summed E-state index contributed by atoms with van der Waals surface area (Å²) in [5.74, 6) is 1.83. The number of carbonyl (C=O) groups excluding carboxylic acids is 2. The van der Waals surface area contributed by atoms with Gasteiger partial charge in [-0.2, -0.15) is 0 Å². The first kappa shape index (κ1) is 14.9. The minimum Gasteiger partial charge on any atom is -0.373 e. The third-order valence-corrected chi connectivity index (χ3v) is 5.67. The lowest BCUT2D eigenvalue weighted by Gasteiger charge is -2.17. The Morgan fingerprint density at radius 1 is 1.04 bits per heavy atom. The molecular formula is C19H17ClO3. The number of aryl methyl sites for hydroxylation is 2. The zero-order chi connectivity index (χ0) is 16.3. The van der Waals surface area contributed by atoms with Crippen molar-refractivity contribution < 1.29 is 14.3 Å². The molecule has 23 heavy (non-hydrogen) atoms. The fourth-order valence-corrected chi connectivity index (χ4v) is 4.88. The number of carbonyl (C=O) groups is 2. The van der Waals surface area contributed by atoms with Crippen LogP contribution in [0.15, 0.2) is 12.1 Å². The summed E-state index contributed by atoms with van der Waals surface area (Å²) in [7, 11) is 0. The van der Waals surface area contributed by atoms with Crippen LogP contribution in [0.2, 0.25) is 0 Å². The third kappa shape index (κ3) is 2.02. The number of fused-ring (bicyclic) bond motifs is 5. The Kier molecular flexibility index (Phi) is 3.37. The molecule has 1 aliphatic carbocycles. The highest BCUT2D eigenvalue weighted by molar-refractivity contribution is 6.30. The van der Waals surface area contributed by atoms with Gasteiger partial charge in [0, 0.05) is 10.9 Å². The molecule has 3 aliphatic rings. The van der Waals surface area contributed by atoms with E-state index in [9.17, 15) is 9.59 Å². The van der Waals surface area contributed by atoms with Gasteiger partial charge >= 0.3 is 0 Å². The number of ketones is 2. The number of hydrogen-bond donors (Lipinski definition) is 0. The first-order valence-corrected chi connectivity index (χ1v) is 8.36. The minimum absolute atomic E-state index is 0.0477. The maximum atomic E-state index is 13.0. The lowest BCUT2D eigenvalue weighted by molar-refractivity contribution is -0.127. The van der Waals surface area contributed by atoms with Crippen LogP contribution >= 0.6 is 11.6 Å². The monoisotopic (exact) mass is 328 g/mol. The zero-order valence-corrected chi connectivity index (χ0v) is 13.8. The lowest BCUT2D eigenvalue weighted by Crippen LogP contribution is -2.29. The van der Waals surface area contributed by atoms with E-state index in [-0.39, 0.29) is 35.6 Å². The number of benzene rings is 1. The second-order valence-electron chi connectivity index (χ2n) is 6.82. The Balaban J connectivity index is 1.78. The molecule has 4 heteroatoms. The topological polar surface area (TPSA) is 43.4 Å². The summed E-state index contributed by atoms with van der Waals surface area (Å²) in [5.41, 5.74) is 3.52. The maximum absolute atomic E-state index is 13.0. The van der Waals surface area contributed by atoms with Crippen LogP contribution in [-0.4, -0.2) is 23.8 Å². The molecule has 1 aromatic carbocycles. The van der Waals surface area contributed by atoms with E-state index in [4.69, 9.17) is 16.3 Å². The van der Waals surface area contributed by atoms with Crippen molar-refractivity contribution in [3.8, 4) is 11.3 Å². The fraction of sp³-hybridized carbons (Fsp3) is 0.474. The molecule has 4 atom stereocenters. The van der Waals surface area contributed by atoms with Gasteiger partial charge in [-0.25, -0.2) is 0 Å². The van der Waals surface area contributed by atoms with Gasteiger partial charge in [0.05, 0.1) is 24.0 Å². The molecule has 2 heterocycles. The standard InChI is InChI=1S/C19H17ClO3/c1-9-7-11(5-6-20)8-10(2)14(9)17-18(21)15-12-3-4-13(23-12)16(15)19(17)22/h7-8,12-13,15-17H,3-4H2,1-2H3. The molecule has 1 saturated carbocycles. The molecule has 0 spiro atoms. The molecule has 3 fully saturated rings. The molecule has 0 amide bonds. The van der Waals surface area contributed by atoms with E-state index in [0.29, 0.717) is 0 Å². The van der Waals surface area contributed by atoms with Crippen molar-refractivity contribution in [1.29, 1.82) is 0 Å². The van der Waals surface area contributed by atoms with Crippen LogP contribution in [0.25, 0.3) is 0 Å². The molecule has 0 N–H and O–H groups in total. The van der Waals surface area contributed by atoms with Crippen LogP contribution in [0, 0.1) is 37.0 Å². The van der Waals surface area contributed by atoms with Crippen LogP contribution in [0.3, 0.4) is 0 Å². The van der Waals surface area contributed by atoms with E-state index in [2.05, 4.69) is 11.3 Å². The number of rotatable bonds is 1. The highest BCUT2D eigenvalue weighted by Crippen LogP contribution is 2.52. The zero-order valence-electron chi connectivity index (χ0n) is 13.1. The van der Waals surface area contributed by atoms with Gasteiger partial charge in [-0.15, -0.1) is 0 Å². The fourth-order valence-electron chi connectivity index (χ4n) is 4.77. The van der Waals surface area contributed by atoms with E-state index in [1.54, 1.807) is 0 Å². The van der Waals surface area contributed by atoms with Crippen molar-refractivity contribution in [1.82, 2.24) is 0 Å². The molecular weight excluding hydrogens is 312 g/mol. The van der Waals surface area contributed by atoms with E-state index < -0.39 is 5.92 Å². The molecule has 0 radical (unpaired) electrons. The summed E-state index contributed by atoms with van der Waals surface area (Å²) in [5, 5.41) is 2.37. The second kappa shape index (κ2) is 5.19. The molecule has 2 saturated heterocycles. The molecule has 2 bridgehead atoms. The van der Waals surface area contributed by atoms with Gasteiger partial charge in [0.15, 0.2) is 11.6 Å². The van der Waals surface area contributed by atoms with Gasteiger partial charge < -0.3 is 4.74 Å². The average Bonchev–Trinajstić information content (AvgIpc) is 3.16. The van der Waals surface area contributed by atoms with E-state index in [1.807, 2.05) is 26.0 Å². The van der Waals surface area contributed by atoms with Crippen molar-refractivity contribution in [3.63, 3.8) is 0 Å². The summed E-state index contributed by atoms with van der Waals surface area (Å²) < 4.78 is 5.80. The van der Waals surface area contributed by atoms with E-state index >= 15 is 0 Å². The van der Waals surface area contributed by atoms with Crippen molar-refractivity contribution >= 4 is 23.2 Å². The van der Waals surface area contributed by atoms with Gasteiger partial charge in [-0.3, -0.25) is 9.59 Å².